The highest BCUT2D eigenvalue weighted by Crippen LogP contribution is 2.28. The second-order valence-corrected chi connectivity index (χ2v) is 7.13. The molecule has 1 aromatic carbocycles. The lowest BCUT2D eigenvalue weighted by Gasteiger charge is -2.37. The highest BCUT2D eigenvalue weighted by molar-refractivity contribution is 5.92. The van der Waals surface area contributed by atoms with Gasteiger partial charge in [0, 0.05) is 31.9 Å². The highest BCUT2D eigenvalue weighted by atomic mass is 19.1. The van der Waals surface area contributed by atoms with Gasteiger partial charge in [0.25, 0.3) is 0 Å². The van der Waals surface area contributed by atoms with Crippen LogP contribution in [0, 0.1) is 23.0 Å². The third-order valence-electron chi connectivity index (χ3n) is 3.79. The van der Waals surface area contributed by atoms with E-state index in [1.807, 2.05) is 0 Å². The maximum atomic E-state index is 14.4. The van der Waals surface area contributed by atoms with Crippen LogP contribution in [0.3, 0.4) is 0 Å². The average molecular weight is 380 g/mol. The summed E-state index contributed by atoms with van der Waals surface area (Å²) in [4.78, 5) is 26.4. The first-order valence-corrected chi connectivity index (χ1v) is 8.49. The number of benzene rings is 1. The summed E-state index contributed by atoms with van der Waals surface area (Å²) in [6.45, 7) is 6.33. The van der Waals surface area contributed by atoms with E-state index in [-0.39, 0.29) is 37.6 Å². The zero-order chi connectivity index (χ0) is 20.2. The molecule has 1 aliphatic rings. The predicted molar refractivity (Wildman–Crippen MR) is 95.2 cm³/mol. The maximum Gasteiger partial charge on any atom is 0.410 e. The first-order valence-electron chi connectivity index (χ1n) is 8.49. The Hall–Kier alpha value is -2.89. The summed E-state index contributed by atoms with van der Waals surface area (Å²) >= 11 is 0. The molecule has 2 rings (SSSR count). The van der Waals surface area contributed by atoms with Crippen molar-refractivity contribution in [2.24, 2.45) is 0 Å². The third kappa shape index (κ3) is 5.54. The van der Waals surface area contributed by atoms with Crippen molar-refractivity contribution in [3.63, 3.8) is 0 Å². The van der Waals surface area contributed by atoms with Crippen molar-refractivity contribution in [1.29, 1.82) is 5.26 Å². The summed E-state index contributed by atoms with van der Waals surface area (Å²) in [6, 6.07) is 3.67. The number of ether oxygens (including phenoxy) is 1. The monoisotopic (exact) mass is 380 g/mol. The van der Waals surface area contributed by atoms with Crippen LogP contribution >= 0.6 is 0 Å². The molecule has 0 radical (unpaired) electrons. The third-order valence-corrected chi connectivity index (χ3v) is 3.79. The Morgan fingerprint density at radius 2 is 1.74 bits per heavy atom. The molecule has 146 valence electrons. The van der Waals surface area contributed by atoms with E-state index in [2.05, 4.69) is 5.32 Å². The lowest BCUT2D eigenvalue weighted by atomic mass is 10.2. The lowest BCUT2D eigenvalue weighted by Crippen LogP contribution is -2.50. The van der Waals surface area contributed by atoms with Crippen LogP contribution in [0.5, 0.6) is 0 Å². The Morgan fingerprint density at radius 3 is 2.22 bits per heavy atom. The van der Waals surface area contributed by atoms with Gasteiger partial charge in [0.15, 0.2) is 11.6 Å². The molecule has 0 saturated carbocycles. The van der Waals surface area contributed by atoms with E-state index in [9.17, 15) is 18.4 Å². The van der Waals surface area contributed by atoms with E-state index < -0.39 is 35.7 Å². The largest absolute Gasteiger partial charge is 0.444 e. The number of carbonyl (C=O) groups is 2. The van der Waals surface area contributed by atoms with Crippen LogP contribution in [0.15, 0.2) is 12.1 Å². The smallest absolute Gasteiger partial charge is 0.410 e. The summed E-state index contributed by atoms with van der Waals surface area (Å²) in [5.74, 6) is -2.30. The number of amides is 2. The van der Waals surface area contributed by atoms with Crippen LogP contribution in [0.1, 0.15) is 27.2 Å². The number of piperazine rings is 1. The van der Waals surface area contributed by atoms with Crippen LogP contribution in [-0.2, 0) is 9.53 Å². The average Bonchev–Trinajstić information content (AvgIpc) is 2.53. The molecular weight excluding hydrogens is 358 g/mol. The minimum atomic E-state index is -0.826. The van der Waals surface area contributed by atoms with Gasteiger partial charge < -0.3 is 19.9 Å². The Kier molecular flexibility index (Phi) is 6.20. The minimum Gasteiger partial charge on any atom is -0.444 e. The number of anilines is 2. The molecule has 9 heteroatoms. The predicted octanol–water partition coefficient (Wildman–Crippen LogP) is 2.87. The fourth-order valence-corrected chi connectivity index (χ4v) is 2.66. The van der Waals surface area contributed by atoms with Crippen molar-refractivity contribution in [3.05, 3.63) is 23.8 Å². The number of nitriles is 1. The van der Waals surface area contributed by atoms with Gasteiger partial charge in [0.1, 0.15) is 17.7 Å². The first-order chi connectivity index (χ1) is 12.6. The second kappa shape index (κ2) is 8.20. The van der Waals surface area contributed by atoms with Gasteiger partial charge in [0.2, 0.25) is 5.91 Å². The summed E-state index contributed by atoms with van der Waals surface area (Å²) in [5, 5.41) is 10.7. The van der Waals surface area contributed by atoms with Gasteiger partial charge >= 0.3 is 6.09 Å². The van der Waals surface area contributed by atoms with Crippen LogP contribution in [0.2, 0.25) is 0 Å². The summed E-state index contributed by atoms with van der Waals surface area (Å²) in [6.07, 6.45) is -0.865. The molecule has 0 unspecified atom stereocenters. The Balaban J connectivity index is 2.05. The molecule has 1 N–H and O–H groups in total. The van der Waals surface area contributed by atoms with Gasteiger partial charge in [-0.15, -0.1) is 0 Å². The van der Waals surface area contributed by atoms with E-state index in [1.54, 1.807) is 26.8 Å². The number of nitrogens with one attached hydrogen (secondary N) is 1. The van der Waals surface area contributed by atoms with E-state index in [1.165, 1.54) is 9.80 Å². The molecule has 1 heterocycles. The molecule has 0 spiro atoms. The fourth-order valence-electron chi connectivity index (χ4n) is 2.66. The Labute approximate surface area is 156 Å². The van der Waals surface area contributed by atoms with Gasteiger partial charge in [-0.3, -0.25) is 4.79 Å². The number of carbonyl (C=O) groups excluding carboxylic acids is 2. The molecule has 0 aliphatic carbocycles. The topological polar surface area (TPSA) is 85.7 Å². The normalized spacial score (nSPS) is 14.5. The van der Waals surface area contributed by atoms with E-state index in [4.69, 9.17) is 10.00 Å². The van der Waals surface area contributed by atoms with Crippen molar-refractivity contribution < 1.29 is 23.1 Å². The molecule has 0 bridgehead atoms. The van der Waals surface area contributed by atoms with Crippen LogP contribution < -0.4 is 10.2 Å². The molecule has 2 amide bonds. The molecule has 0 aromatic heterocycles. The molecule has 1 fully saturated rings. The summed E-state index contributed by atoms with van der Waals surface area (Å²) in [7, 11) is 0. The zero-order valence-electron chi connectivity index (χ0n) is 15.5. The standard InChI is InChI=1S/C18H22F2N4O3/c1-18(2,3)27-17(26)24-8-6-23(7-9-24)16-13(19)10-12(11-14(16)20)22-15(25)4-5-21/h10-11H,4,6-9H2,1-3H3,(H,22,25). The van der Waals surface area contributed by atoms with Crippen LogP contribution in [0.4, 0.5) is 25.0 Å². The maximum absolute atomic E-state index is 14.4. The highest BCUT2D eigenvalue weighted by Gasteiger charge is 2.28. The number of hydrogen-bond acceptors (Lipinski definition) is 5. The van der Waals surface area contributed by atoms with Crippen molar-refractivity contribution in [2.75, 3.05) is 36.4 Å². The quantitative estimate of drug-likeness (QED) is 0.872. The number of rotatable bonds is 3. The number of hydrogen-bond donors (Lipinski definition) is 1. The lowest BCUT2D eigenvalue weighted by molar-refractivity contribution is -0.115. The van der Waals surface area contributed by atoms with Crippen LogP contribution in [-0.4, -0.2) is 48.7 Å². The van der Waals surface area contributed by atoms with Gasteiger partial charge in [-0.25, -0.2) is 13.6 Å². The van der Waals surface area contributed by atoms with Gasteiger partial charge in [-0.1, -0.05) is 0 Å². The van der Waals surface area contributed by atoms with Crippen molar-refractivity contribution in [2.45, 2.75) is 32.8 Å². The van der Waals surface area contributed by atoms with Crippen molar-refractivity contribution >= 4 is 23.4 Å². The van der Waals surface area contributed by atoms with Gasteiger partial charge in [0.05, 0.1) is 6.07 Å². The second-order valence-electron chi connectivity index (χ2n) is 7.13. The summed E-state index contributed by atoms with van der Waals surface area (Å²) in [5.41, 5.74) is -0.878. The fraction of sp³-hybridized carbons (Fsp3) is 0.500. The van der Waals surface area contributed by atoms with E-state index >= 15 is 0 Å². The zero-order valence-corrected chi connectivity index (χ0v) is 15.5. The van der Waals surface area contributed by atoms with E-state index in [0.717, 1.165) is 12.1 Å². The van der Waals surface area contributed by atoms with E-state index in [0.29, 0.717) is 0 Å². The molecule has 27 heavy (non-hydrogen) atoms. The Morgan fingerprint density at radius 1 is 1.19 bits per heavy atom. The van der Waals surface area contributed by atoms with Gasteiger partial charge in [-0.2, -0.15) is 5.26 Å². The van der Waals surface area contributed by atoms with Crippen LogP contribution in [0.25, 0.3) is 0 Å². The molecule has 1 aromatic rings. The number of halogens is 2. The SMILES string of the molecule is CC(C)(C)OC(=O)N1CCN(c2c(F)cc(NC(=O)CC#N)cc2F)CC1. The summed E-state index contributed by atoms with van der Waals surface area (Å²) < 4.78 is 34.1. The molecule has 0 atom stereocenters. The Bertz CT molecular complexity index is 740. The van der Waals surface area contributed by atoms with Gasteiger partial charge in [-0.05, 0) is 32.9 Å². The molecule has 1 saturated heterocycles. The van der Waals surface area contributed by atoms with Crippen molar-refractivity contribution in [3.8, 4) is 6.07 Å². The first kappa shape index (κ1) is 20.4. The molecule has 7 nitrogen and oxygen atoms in total. The van der Waals surface area contributed by atoms with Crippen molar-refractivity contribution in [1.82, 2.24) is 4.90 Å². The molecule has 1 aliphatic heterocycles. The minimum absolute atomic E-state index is 0.0543. The number of nitrogens with zero attached hydrogens (tertiary/aromatic N) is 3. The molecular formula is C18H22F2N4O3.